The molecule has 4 rings (SSSR count). The van der Waals surface area contributed by atoms with Crippen LogP contribution in [0.2, 0.25) is 0 Å². The highest BCUT2D eigenvalue weighted by atomic mass is 79.9. The molecule has 5 nitrogen and oxygen atoms in total. The fourth-order valence-corrected chi connectivity index (χ4v) is 5.27. The first-order valence-electron chi connectivity index (χ1n) is 8.54. The maximum absolute atomic E-state index is 14.1. The van der Waals surface area contributed by atoms with Crippen molar-refractivity contribution in [3.63, 3.8) is 0 Å². The van der Waals surface area contributed by atoms with Crippen molar-refractivity contribution < 1.29 is 13.9 Å². The second-order valence-corrected chi connectivity index (χ2v) is 9.57. The van der Waals surface area contributed by atoms with Gasteiger partial charge < -0.3 is 4.74 Å². The number of ether oxygens (including phenoxy) is 1. The van der Waals surface area contributed by atoms with Gasteiger partial charge in [-0.2, -0.15) is 0 Å². The Hall–Kier alpha value is -1.10. The summed E-state index contributed by atoms with van der Waals surface area (Å²) in [6.07, 6.45) is 0. The number of rotatable bonds is 5. The highest BCUT2D eigenvalue weighted by Crippen LogP contribution is 2.32. The quantitative estimate of drug-likeness (QED) is 0.505. The number of morpholine rings is 1. The number of hydrogen-bond donors (Lipinski definition) is 0. The number of thiophene rings is 1. The fraction of sp³-hybridized carbons (Fsp3) is 0.333. The normalized spacial score (nSPS) is 14.8. The van der Waals surface area contributed by atoms with E-state index in [1.54, 1.807) is 17.0 Å². The Morgan fingerprint density at radius 1 is 1.25 bits per heavy atom. The van der Waals surface area contributed by atoms with E-state index >= 15 is 0 Å². The number of carbonyl (C=O) groups is 1. The monoisotopic (exact) mass is 505 g/mol. The number of hydrogen-bond acceptors (Lipinski definition) is 6. The van der Waals surface area contributed by atoms with Crippen molar-refractivity contribution in [2.45, 2.75) is 0 Å². The van der Waals surface area contributed by atoms with E-state index in [1.165, 1.54) is 28.7 Å². The third-order valence-electron chi connectivity index (χ3n) is 4.36. The number of nitrogens with zero attached hydrogens (tertiary/aromatic N) is 3. The molecule has 1 aliphatic rings. The molecule has 0 bridgehead atoms. The zero-order valence-corrected chi connectivity index (χ0v) is 18.8. The molecule has 0 unspecified atom stereocenters. The van der Waals surface area contributed by atoms with Gasteiger partial charge in [0.05, 0.1) is 26.6 Å². The molecule has 150 valence electrons. The number of carbonyl (C=O) groups excluding carboxylic acids is 1. The summed E-state index contributed by atoms with van der Waals surface area (Å²) < 4.78 is 21.1. The van der Waals surface area contributed by atoms with Crippen LogP contribution >= 0.6 is 51.0 Å². The minimum Gasteiger partial charge on any atom is -0.379 e. The van der Waals surface area contributed by atoms with Gasteiger partial charge in [-0.25, -0.2) is 9.37 Å². The van der Waals surface area contributed by atoms with Crippen LogP contribution in [-0.4, -0.2) is 55.2 Å². The second kappa shape index (κ2) is 9.60. The third kappa shape index (κ3) is 4.72. The van der Waals surface area contributed by atoms with E-state index in [0.717, 1.165) is 28.1 Å². The van der Waals surface area contributed by atoms with E-state index < -0.39 is 0 Å². The van der Waals surface area contributed by atoms with Crippen molar-refractivity contribution >= 4 is 72.3 Å². The fourth-order valence-electron chi connectivity index (χ4n) is 2.93. The highest BCUT2D eigenvalue weighted by Gasteiger charge is 2.24. The van der Waals surface area contributed by atoms with Gasteiger partial charge in [-0.1, -0.05) is 17.4 Å². The van der Waals surface area contributed by atoms with Gasteiger partial charge in [0, 0.05) is 26.2 Å². The van der Waals surface area contributed by atoms with Crippen LogP contribution in [-0.2, 0) is 4.74 Å². The van der Waals surface area contributed by atoms with E-state index in [-0.39, 0.29) is 24.1 Å². The Balaban J connectivity index is 0.00000225. The van der Waals surface area contributed by atoms with Gasteiger partial charge in [-0.05, 0) is 40.2 Å². The largest absolute Gasteiger partial charge is 0.379 e. The molecule has 1 amide bonds. The van der Waals surface area contributed by atoms with Crippen molar-refractivity contribution in [3.05, 3.63) is 44.8 Å². The number of halogens is 3. The number of para-hydroxylation sites is 1. The highest BCUT2D eigenvalue weighted by molar-refractivity contribution is 9.11. The van der Waals surface area contributed by atoms with E-state index in [4.69, 9.17) is 4.74 Å². The lowest BCUT2D eigenvalue weighted by Gasteiger charge is -2.29. The molecule has 0 saturated carbocycles. The average Bonchev–Trinajstić information content (AvgIpc) is 3.30. The standard InChI is InChI=1S/C18H17BrFN3O2S2.ClH/c19-15-5-4-14(26-15)17(24)23(7-6-22-8-10-25-11-9-22)18-21-16-12(20)2-1-3-13(16)27-18;/h1-5H,6-11H2;1H. The summed E-state index contributed by atoms with van der Waals surface area (Å²) >= 11 is 6.13. The molecule has 1 fully saturated rings. The van der Waals surface area contributed by atoms with E-state index in [0.29, 0.717) is 35.3 Å². The molecular formula is C18H18BrClFN3O2S2. The molecule has 28 heavy (non-hydrogen) atoms. The van der Waals surface area contributed by atoms with Crippen molar-refractivity contribution in [3.8, 4) is 0 Å². The average molecular weight is 507 g/mol. The topological polar surface area (TPSA) is 45.7 Å². The van der Waals surface area contributed by atoms with E-state index in [9.17, 15) is 9.18 Å². The van der Waals surface area contributed by atoms with Crippen LogP contribution in [0.3, 0.4) is 0 Å². The lowest BCUT2D eigenvalue weighted by molar-refractivity contribution is 0.0391. The van der Waals surface area contributed by atoms with Gasteiger partial charge in [0.25, 0.3) is 5.91 Å². The number of aromatic nitrogens is 1. The van der Waals surface area contributed by atoms with Crippen LogP contribution in [0.25, 0.3) is 10.2 Å². The summed E-state index contributed by atoms with van der Waals surface area (Å²) in [5, 5.41) is 0.526. The van der Waals surface area contributed by atoms with Crippen LogP contribution in [0.4, 0.5) is 9.52 Å². The zero-order valence-electron chi connectivity index (χ0n) is 14.8. The van der Waals surface area contributed by atoms with Gasteiger partial charge in [-0.3, -0.25) is 14.6 Å². The molecule has 3 aromatic rings. The zero-order chi connectivity index (χ0) is 18.8. The summed E-state index contributed by atoms with van der Waals surface area (Å²) in [6, 6.07) is 8.53. The smallest absolute Gasteiger partial charge is 0.270 e. The molecule has 3 heterocycles. The van der Waals surface area contributed by atoms with Gasteiger partial charge in [-0.15, -0.1) is 23.7 Å². The first-order chi connectivity index (χ1) is 13.1. The molecule has 0 atom stereocenters. The van der Waals surface area contributed by atoms with Crippen LogP contribution in [0.1, 0.15) is 9.67 Å². The number of benzene rings is 1. The Morgan fingerprint density at radius 3 is 2.71 bits per heavy atom. The van der Waals surface area contributed by atoms with E-state index in [1.807, 2.05) is 12.1 Å². The number of thiazole rings is 1. The van der Waals surface area contributed by atoms with Crippen molar-refractivity contribution in [2.24, 2.45) is 0 Å². The Labute approximate surface area is 184 Å². The molecule has 1 saturated heterocycles. The summed E-state index contributed by atoms with van der Waals surface area (Å²) in [5.74, 6) is -0.479. The molecule has 1 aromatic carbocycles. The molecule has 0 spiro atoms. The summed E-state index contributed by atoms with van der Waals surface area (Å²) in [5.41, 5.74) is 0.314. The number of anilines is 1. The van der Waals surface area contributed by atoms with Crippen LogP contribution in [0, 0.1) is 5.82 Å². The predicted molar refractivity (Wildman–Crippen MR) is 118 cm³/mol. The predicted octanol–water partition coefficient (Wildman–Crippen LogP) is 4.66. The first-order valence-corrected chi connectivity index (χ1v) is 11.0. The lowest BCUT2D eigenvalue weighted by Crippen LogP contribution is -2.43. The van der Waals surface area contributed by atoms with Gasteiger partial charge in [0.15, 0.2) is 5.13 Å². The molecule has 0 N–H and O–H groups in total. The molecule has 0 radical (unpaired) electrons. The minimum atomic E-state index is -0.366. The molecule has 1 aliphatic heterocycles. The van der Waals surface area contributed by atoms with Gasteiger partial charge in [0.1, 0.15) is 11.3 Å². The van der Waals surface area contributed by atoms with E-state index in [2.05, 4.69) is 25.8 Å². The minimum absolute atomic E-state index is 0. The number of fused-ring (bicyclic) bond motifs is 1. The molecule has 10 heteroatoms. The van der Waals surface area contributed by atoms with Crippen LogP contribution < -0.4 is 4.90 Å². The molecule has 2 aromatic heterocycles. The first kappa shape index (κ1) is 21.6. The Bertz CT molecular complexity index is 961. The van der Waals surface area contributed by atoms with Crippen LogP contribution in [0.15, 0.2) is 34.1 Å². The van der Waals surface area contributed by atoms with Crippen LogP contribution in [0.5, 0.6) is 0 Å². The number of amides is 1. The third-order valence-corrected chi connectivity index (χ3v) is 7.02. The van der Waals surface area contributed by atoms with Crippen molar-refractivity contribution in [1.82, 2.24) is 9.88 Å². The second-order valence-electron chi connectivity index (χ2n) is 6.10. The maximum atomic E-state index is 14.1. The maximum Gasteiger partial charge on any atom is 0.270 e. The SMILES string of the molecule is Cl.O=C(c1ccc(Br)s1)N(CCN1CCOCC1)c1nc2c(F)cccc2s1. The summed E-state index contributed by atoms with van der Waals surface area (Å²) in [7, 11) is 0. The Morgan fingerprint density at radius 2 is 2.04 bits per heavy atom. The summed E-state index contributed by atoms with van der Waals surface area (Å²) in [6.45, 7) is 4.33. The molecular weight excluding hydrogens is 489 g/mol. The van der Waals surface area contributed by atoms with Crippen molar-refractivity contribution in [1.29, 1.82) is 0 Å². The van der Waals surface area contributed by atoms with Gasteiger partial charge >= 0.3 is 0 Å². The lowest BCUT2D eigenvalue weighted by atomic mass is 10.3. The van der Waals surface area contributed by atoms with Gasteiger partial charge in [0.2, 0.25) is 0 Å². The summed E-state index contributed by atoms with van der Waals surface area (Å²) in [4.78, 5) is 22.1. The Kier molecular flexibility index (Phi) is 7.41. The van der Waals surface area contributed by atoms with Crippen molar-refractivity contribution in [2.75, 3.05) is 44.3 Å². The molecule has 0 aliphatic carbocycles.